The third-order valence-corrected chi connectivity index (χ3v) is 2.55. The summed E-state index contributed by atoms with van der Waals surface area (Å²) in [5.41, 5.74) is 0.978. The molecule has 0 bridgehead atoms. The first-order chi connectivity index (χ1) is 9.60. The summed E-state index contributed by atoms with van der Waals surface area (Å²) < 4.78 is 31.0. The average molecular weight is 277 g/mol. The number of phenolic OH excluding ortho intramolecular Hbond substituents is 1. The van der Waals surface area contributed by atoms with Gasteiger partial charge < -0.3 is 9.84 Å². The zero-order valence-electron chi connectivity index (χ0n) is 10.8. The van der Waals surface area contributed by atoms with Crippen molar-refractivity contribution in [2.75, 3.05) is 6.61 Å². The molecular formula is C15H13F2NO2. The maximum Gasteiger partial charge on any atom is 0.161 e. The maximum absolute atomic E-state index is 13.0. The molecule has 0 saturated carbocycles. The zero-order valence-corrected chi connectivity index (χ0v) is 10.8. The van der Waals surface area contributed by atoms with Gasteiger partial charge in [-0.05, 0) is 42.8 Å². The normalized spacial score (nSPS) is 10.9. The van der Waals surface area contributed by atoms with Crippen molar-refractivity contribution in [2.24, 2.45) is 4.99 Å². The molecule has 0 aliphatic rings. The van der Waals surface area contributed by atoms with Gasteiger partial charge >= 0.3 is 0 Å². The standard InChI is InChI=1S/C15H13F2NO2/c1-2-20-15-7-10(3-6-14(15)19)9-18-11-4-5-12(16)13(17)8-11/h3-9,19H,2H2,1H3. The molecule has 104 valence electrons. The van der Waals surface area contributed by atoms with Crippen molar-refractivity contribution in [2.45, 2.75) is 6.92 Å². The van der Waals surface area contributed by atoms with Crippen LogP contribution in [0.5, 0.6) is 11.5 Å². The van der Waals surface area contributed by atoms with Crippen LogP contribution in [0.4, 0.5) is 14.5 Å². The largest absolute Gasteiger partial charge is 0.504 e. The van der Waals surface area contributed by atoms with E-state index in [1.807, 2.05) is 6.92 Å². The van der Waals surface area contributed by atoms with Crippen LogP contribution in [0.15, 0.2) is 41.4 Å². The number of nitrogens with zero attached hydrogens (tertiary/aromatic N) is 1. The van der Waals surface area contributed by atoms with Gasteiger partial charge in [0.2, 0.25) is 0 Å². The summed E-state index contributed by atoms with van der Waals surface area (Å²) in [5.74, 6) is -1.47. The number of hydrogen-bond donors (Lipinski definition) is 1. The highest BCUT2D eigenvalue weighted by Gasteiger charge is 2.03. The van der Waals surface area contributed by atoms with Crippen molar-refractivity contribution in [3.63, 3.8) is 0 Å². The topological polar surface area (TPSA) is 41.8 Å². The Kier molecular flexibility index (Phi) is 4.30. The molecule has 0 fully saturated rings. The molecule has 2 aromatic carbocycles. The number of halogens is 2. The SMILES string of the molecule is CCOc1cc(C=Nc2ccc(F)c(F)c2)ccc1O. The second-order valence-corrected chi connectivity index (χ2v) is 4.02. The summed E-state index contributed by atoms with van der Waals surface area (Å²) in [6.07, 6.45) is 1.48. The first kappa shape index (κ1) is 14.0. The number of hydrogen-bond acceptors (Lipinski definition) is 3. The minimum absolute atomic E-state index is 0.0387. The molecule has 5 heteroatoms. The number of aromatic hydroxyl groups is 1. The Labute approximate surface area is 115 Å². The van der Waals surface area contributed by atoms with Gasteiger partial charge in [-0.1, -0.05) is 0 Å². The molecule has 3 nitrogen and oxygen atoms in total. The van der Waals surface area contributed by atoms with Crippen molar-refractivity contribution < 1.29 is 18.6 Å². The molecule has 1 N–H and O–H groups in total. The number of ether oxygens (including phenoxy) is 1. The summed E-state index contributed by atoms with van der Waals surface area (Å²) in [7, 11) is 0. The van der Waals surface area contributed by atoms with E-state index in [1.165, 1.54) is 18.3 Å². The minimum Gasteiger partial charge on any atom is -0.504 e. The van der Waals surface area contributed by atoms with Crippen molar-refractivity contribution >= 4 is 11.9 Å². The van der Waals surface area contributed by atoms with Gasteiger partial charge in [0.15, 0.2) is 23.1 Å². The second-order valence-electron chi connectivity index (χ2n) is 4.02. The van der Waals surface area contributed by atoms with Crippen LogP contribution in [0.3, 0.4) is 0 Å². The van der Waals surface area contributed by atoms with Gasteiger partial charge in [0.25, 0.3) is 0 Å². The Bertz CT molecular complexity index is 642. The lowest BCUT2D eigenvalue weighted by molar-refractivity contribution is 0.318. The van der Waals surface area contributed by atoms with Gasteiger partial charge in [-0.15, -0.1) is 0 Å². The molecule has 20 heavy (non-hydrogen) atoms. The molecule has 0 heterocycles. The van der Waals surface area contributed by atoms with Gasteiger partial charge in [-0.3, -0.25) is 4.99 Å². The van der Waals surface area contributed by atoms with E-state index in [-0.39, 0.29) is 5.75 Å². The van der Waals surface area contributed by atoms with Crippen LogP contribution < -0.4 is 4.74 Å². The van der Waals surface area contributed by atoms with E-state index in [2.05, 4.69) is 4.99 Å². The van der Waals surface area contributed by atoms with Crippen LogP contribution in [0.2, 0.25) is 0 Å². The molecule has 0 aromatic heterocycles. The van der Waals surface area contributed by atoms with E-state index in [4.69, 9.17) is 4.74 Å². The fourth-order valence-corrected chi connectivity index (χ4v) is 1.60. The van der Waals surface area contributed by atoms with Crippen LogP contribution in [0.1, 0.15) is 12.5 Å². The summed E-state index contributed by atoms with van der Waals surface area (Å²) in [5, 5.41) is 9.56. The number of benzene rings is 2. The molecule has 0 atom stereocenters. The highest BCUT2D eigenvalue weighted by atomic mass is 19.2. The predicted molar refractivity (Wildman–Crippen MR) is 72.9 cm³/mol. The quantitative estimate of drug-likeness (QED) is 0.863. The monoisotopic (exact) mass is 277 g/mol. The summed E-state index contributed by atoms with van der Waals surface area (Å²) >= 11 is 0. The number of phenols is 1. The van der Waals surface area contributed by atoms with E-state index in [0.29, 0.717) is 23.6 Å². The molecule has 2 rings (SSSR count). The Hall–Kier alpha value is -2.43. The third-order valence-electron chi connectivity index (χ3n) is 2.55. The predicted octanol–water partition coefficient (Wildman–Crippen LogP) is 3.82. The number of rotatable bonds is 4. The maximum atomic E-state index is 13.0. The molecule has 0 unspecified atom stereocenters. The molecule has 0 aliphatic heterocycles. The molecule has 0 amide bonds. The fraction of sp³-hybridized carbons (Fsp3) is 0.133. The lowest BCUT2D eigenvalue weighted by Crippen LogP contribution is -1.93. The van der Waals surface area contributed by atoms with E-state index < -0.39 is 11.6 Å². The van der Waals surface area contributed by atoms with Gasteiger partial charge in [0.1, 0.15) is 0 Å². The summed E-state index contributed by atoms with van der Waals surface area (Å²) in [4.78, 5) is 4.04. The lowest BCUT2D eigenvalue weighted by Gasteiger charge is -2.05. The van der Waals surface area contributed by atoms with Crippen LogP contribution >= 0.6 is 0 Å². The molecule has 2 aromatic rings. The van der Waals surface area contributed by atoms with Gasteiger partial charge in [0, 0.05) is 12.3 Å². The van der Waals surface area contributed by atoms with E-state index in [9.17, 15) is 13.9 Å². The molecule has 0 spiro atoms. The van der Waals surface area contributed by atoms with Gasteiger partial charge in [-0.2, -0.15) is 0 Å². The van der Waals surface area contributed by atoms with Crippen LogP contribution in [-0.4, -0.2) is 17.9 Å². The average Bonchev–Trinajstić information content (AvgIpc) is 2.43. The van der Waals surface area contributed by atoms with Gasteiger partial charge in [-0.25, -0.2) is 8.78 Å². The van der Waals surface area contributed by atoms with Gasteiger partial charge in [0.05, 0.1) is 12.3 Å². The minimum atomic E-state index is -0.944. The van der Waals surface area contributed by atoms with Crippen molar-refractivity contribution in [1.82, 2.24) is 0 Å². The Morgan fingerprint density at radius 2 is 1.95 bits per heavy atom. The van der Waals surface area contributed by atoms with E-state index >= 15 is 0 Å². The first-order valence-corrected chi connectivity index (χ1v) is 6.05. The van der Waals surface area contributed by atoms with Crippen molar-refractivity contribution in [3.05, 3.63) is 53.6 Å². The van der Waals surface area contributed by atoms with Crippen molar-refractivity contribution in [1.29, 1.82) is 0 Å². The molecule has 0 saturated heterocycles. The Morgan fingerprint density at radius 3 is 2.65 bits per heavy atom. The number of aliphatic imine (C=N–C) groups is 1. The smallest absolute Gasteiger partial charge is 0.161 e. The van der Waals surface area contributed by atoms with Crippen molar-refractivity contribution in [3.8, 4) is 11.5 Å². The van der Waals surface area contributed by atoms with E-state index in [0.717, 1.165) is 12.1 Å². The molecule has 0 radical (unpaired) electrons. The Balaban J connectivity index is 2.22. The second kappa shape index (κ2) is 6.14. The van der Waals surface area contributed by atoms with E-state index in [1.54, 1.807) is 12.1 Å². The molecule has 0 aliphatic carbocycles. The Morgan fingerprint density at radius 1 is 1.15 bits per heavy atom. The first-order valence-electron chi connectivity index (χ1n) is 6.05. The van der Waals surface area contributed by atoms with Crippen LogP contribution in [-0.2, 0) is 0 Å². The highest BCUT2D eigenvalue weighted by molar-refractivity contribution is 5.83. The van der Waals surface area contributed by atoms with Crippen LogP contribution in [0, 0.1) is 11.6 Å². The zero-order chi connectivity index (χ0) is 14.5. The molecular weight excluding hydrogens is 264 g/mol. The lowest BCUT2D eigenvalue weighted by atomic mass is 10.2. The summed E-state index contributed by atoms with van der Waals surface area (Å²) in [6, 6.07) is 8.14. The fourth-order valence-electron chi connectivity index (χ4n) is 1.60. The summed E-state index contributed by atoms with van der Waals surface area (Å²) in [6.45, 7) is 2.23. The third kappa shape index (κ3) is 3.32. The highest BCUT2D eigenvalue weighted by Crippen LogP contribution is 2.26. The van der Waals surface area contributed by atoms with Crippen LogP contribution in [0.25, 0.3) is 0 Å².